The Bertz CT molecular complexity index is 612. The first-order valence-electron chi connectivity index (χ1n) is 8.87. The lowest BCUT2D eigenvalue weighted by atomic mass is 9.90. The fourth-order valence-corrected chi connectivity index (χ4v) is 3.47. The van der Waals surface area contributed by atoms with Crippen LogP contribution in [0.4, 0.5) is 4.79 Å². The molecule has 0 radical (unpaired) electrons. The zero-order valence-corrected chi connectivity index (χ0v) is 16.1. The van der Waals surface area contributed by atoms with Gasteiger partial charge in [0.1, 0.15) is 5.60 Å². The van der Waals surface area contributed by atoms with Crippen LogP contribution in [0.3, 0.4) is 0 Å². The number of allylic oxidation sites excluding steroid dienone is 1. The van der Waals surface area contributed by atoms with Crippen molar-refractivity contribution in [3.8, 4) is 0 Å². The predicted octanol–water partition coefficient (Wildman–Crippen LogP) is 3.59. The summed E-state index contributed by atoms with van der Waals surface area (Å²) in [7, 11) is 0. The van der Waals surface area contributed by atoms with Gasteiger partial charge in [-0.3, -0.25) is 4.79 Å². The molecule has 2 fully saturated rings. The molecule has 2 aliphatic rings. The molecule has 1 atom stereocenters. The van der Waals surface area contributed by atoms with Gasteiger partial charge in [0.25, 0.3) is 0 Å². The first kappa shape index (κ1) is 19.5. The summed E-state index contributed by atoms with van der Waals surface area (Å²) in [6, 6.07) is -0.994. The summed E-state index contributed by atoms with van der Waals surface area (Å²) in [5.41, 5.74) is 1.22. The third kappa shape index (κ3) is 4.41. The van der Waals surface area contributed by atoms with E-state index >= 15 is 0 Å². The molecule has 1 saturated heterocycles. The third-order valence-electron chi connectivity index (χ3n) is 4.55. The zero-order chi connectivity index (χ0) is 19.0. The highest BCUT2D eigenvalue weighted by Gasteiger charge is 2.48. The molecule has 1 aliphatic heterocycles. The number of imide groups is 1. The number of rotatable bonds is 2. The Morgan fingerprint density at radius 1 is 1.28 bits per heavy atom. The lowest BCUT2D eigenvalue weighted by Crippen LogP contribution is -2.46. The van der Waals surface area contributed by atoms with E-state index in [1.54, 1.807) is 27.7 Å². The first-order chi connectivity index (χ1) is 11.4. The SMILES string of the molecule is CCOC(=O)[C@@H]1/C(=C2/CCC(C)(C)C2)CC(=O)N1C(=O)OC(C)(C)C. The number of hydrogen-bond acceptors (Lipinski definition) is 5. The van der Waals surface area contributed by atoms with E-state index in [1.807, 2.05) is 0 Å². The molecule has 0 bridgehead atoms. The van der Waals surface area contributed by atoms with Gasteiger partial charge in [-0.2, -0.15) is 0 Å². The van der Waals surface area contributed by atoms with Gasteiger partial charge in [0.2, 0.25) is 5.91 Å². The molecule has 140 valence electrons. The molecule has 1 aliphatic carbocycles. The number of carbonyl (C=O) groups excluding carboxylic acids is 3. The molecular formula is C19H29NO5. The van der Waals surface area contributed by atoms with E-state index in [2.05, 4.69) is 13.8 Å². The van der Waals surface area contributed by atoms with Gasteiger partial charge < -0.3 is 9.47 Å². The minimum absolute atomic E-state index is 0.0775. The number of nitrogens with zero attached hydrogens (tertiary/aromatic N) is 1. The zero-order valence-electron chi connectivity index (χ0n) is 16.1. The molecule has 1 heterocycles. The molecule has 0 N–H and O–H groups in total. The van der Waals surface area contributed by atoms with Gasteiger partial charge in [-0.15, -0.1) is 0 Å². The van der Waals surface area contributed by atoms with Gasteiger partial charge in [0, 0.05) is 0 Å². The molecule has 0 aromatic carbocycles. The summed E-state index contributed by atoms with van der Waals surface area (Å²) in [4.78, 5) is 38.5. The molecule has 6 heteroatoms. The standard InChI is InChI=1S/C19H29NO5/c1-7-24-16(22)15-13(12-8-9-19(5,6)11-12)10-14(21)20(15)17(23)25-18(2,3)4/h15H,7-11H2,1-6H3/b13-12-/t15-/m0/s1. The van der Waals surface area contributed by atoms with E-state index in [4.69, 9.17) is 9.47 Å². The molecule has 0 unspecified atom stereocenters. The average molecular weight is 351 g/mol. The van der Waals surface area contributed by atoms with E-state index < -0.39 is 29.6 Å². The van der Waals surface area contributed by atoms with Gasteiger partial charge in [-0.1, -0.05) is 19.4 Å². The van der Waals surface area contributed by atoms with Crippen LogP contribution < -0.4 is 0 Å². The van der Waals surface area contributed by atoms with E-state index in [1.165, 1.54) is 0 Å². The molecule has 2 amide bonds. The number of ether oxygens (including phenoxy) is 2. The van der Waals surface area contributed by atoms with Crippen molar-refractivity contribution in [3.63, 3.8) is 0 Å². The summed E-state index contributed by atoms with van der Waals surface area (Å²) in [5.74, 6) is -0.967. The second-order valence-electron chi connectivity index (χ2n) is 8.55. The molecule has 0 spiro atoms. The Morgan fingerprint density at radius 3 is 2.40 bits per heavy atom. The Morgan fingerprint density at radius 2 is 1.92 bits per heavy atom. The molecule has 1 saturated carbocycles. The van der Waals surface area contributed by atoms with Crippen LogP contribution >= 0.6 is 0 Å². The van der Waals surface area contributed by atoms with Crippen molar-refractivity contribution < 1.29 is 23.9 Å². The van der Waals surface area contributed by atoms with Crippen LogP contribution in [0.2, 0.25) is 0 Å². The van der Waals surface area contributed by atoms with E-state index in [0.29, 0.717) is 0 Å². The second kappa shape index (κ2) is 6.81. The van der Waals surface area contributed by atoms with Crippen molar-refractivity contribution in [2.24, 2.45) is 5.41 Å². The maximum Gasteiger partial charge on any atom is 0.418 e. The number of hydrogen-bond donors (Lipinski definition) is 0. The van der Waals surface area contributed by atoms with Crippen LogP contribution in [-0.4, -0.2) is 41.1 Å². The largest absolute Gasteiger partial charge is 0.464 e. The normalized spacial score (nSPS) is 26.1. The lowest BCUT2D eigenvalue weighted by Gasteiger charge is -2.27. The number of likely N-dealkylation sites (tertiary alicyclic amines) is 1. The van der Waals surface area contributed by atoms with Crippen LogP contribution in [0, 0.1) is 5.41 Å². The second-order valence-corrected chi connectivity index (χ2v) is 8.55. The van der Waals surface area contributed by atoms with Crippen molar-refractivity contribution in [1.82, 2.24) is 4.90 Å². The first-order valence-corrected chi connectivity index (χ1v) is 8.87. The highest BCUT2D eigenvalue weighted by atomic mass is 16.6. The van der Waals surface area contributed by atoms with Crippen molar-refractivity contribution in [2.75, 3.05) is 6.61 Å². The molecule has 2 rings (SSSR count). The summed E-state index contributed by atoms with van der Waals surface area (Å²) in [6.45, 7) is 11.4. The van der Waals surface area contributed by atoms with Gasteiger partial charge in [0.15, 0.2) is 6.04 Å². The van der Waals surface area contributed by atoms with Crippen molar-refractivity contribution in [3.05, 3.63) is 11.1 Å². The number of amides is 2. The maximum absolute atomic E-state index is 12.5. The van der Waals surface area contributed by atoms with Crippen LogP contribution in [0.25, 0.3) is 0 Å². The monoisotopic (exact) mass is 351 g/mol. The van der Waals surface area contributed by atoms with E-state index in [0.717, 1.165) is 35.3 Å². The Balaban J connectivity index is 2.39. The third-order valence-corrected chi connectivity index (χ3v) is 4.55. The Kier molecular flexibility index (Phi) is 5.30. The lowest BCUT2D eigenvalue weighted by molar-refractivity contribution is -0.150. The van der Waals surface area contributed by atoms with Crippen LogP contribution in [0.5, 0.6) is 0 Å². The van der Waals surface area contributed by atoms with Crippen LogP contribution in [-0.2, 0) is 19.1 Å². The fourth-order valence-electron chi connectivity index (χ4n) is 3.47. The molecule has 0 aromatic rings. The molecule has 6 nitrogen and oxygen atoms in total. The summed E-state index contributed by atoms with van der Waals surface area (Å²) in [5, 5.41) is 0. The van der Waals surface area contributed by atoms with Crippen LogP contribution in [0.1, 0.15) is 67.2 Å². The highest BCUT2D eigenvalue weighted by molar-refractivity contribution is 6.03. The Hall–Kier alpha value is -1.85. The Labute approximate surface area is 149 Å². The minimum Gasteiger partial charge on any atom is -0.464 e. The highest BCUT2D eigenvalue weighted by Crippen LogP contribution is 2.45. The van der Waals surface area contributed by atoms with Crippen molar-refractivity contribution >= 4 is 18.0 Å². The molecule has 0 aromatic heterocycles. The maximum atomic E-state index is 12.5. The number of esters is 1. The van der Waals surface area contributed by atoms with Crippen molar-refractivity contribution in [2.45, 2.75) is 78.9 Å². The van der Waals surface area contributed by atoms with Gasteiger partial charge in [-0.25, -0.2) is 14.5 Å². The van der Waals surface area contributed by atoms with Crippen LogP contribution in [0.15, 0.2) is 11.1 Å². The average Bonchev–Trinajstić information content (AvgIpc) is 2.97. The van der Waals surface area contributed by atoms with E-state index in [-0.39, 0.29) is 18.4 Å². The summed E-state index contributed by atoms with van der Waals surface area (Å²) < 4.78 is 10.5. The summed E-state index contributed by atoms with van der Waals surface area (Å²) in [6.07, 6.45) is 1.96. The predicted molar refractivity (Wildman–Crippen MR) is 92.8 cm³/mol. The smallest absolute Gasteiger partial charge is 0.418 e. The fraction of sp³-hybridized carbons (Fsp3) is 0.737. The summed E-state index contributed by atoms with van der Waals surface area (Å²) >= 11 is 0. The molecular weight excluding hydrogens is 322 g/mol. The van der Waals surface area contributed by atoms with Gasteiger partial charge in [0.05, 0.1) is 13.0 Å². The van der Waals surface area contributed by atoms with Gasteiger partial charge >= 0.3 is 12.1 Å². The van der Waals surface area contributed by atoms with Crippen molar-refractivity contribution in [1.29, 1.82) is 0 Å². The minimum atomic E-state index is -0.994. The topological polar surface area (TPSA) is 72.9 Å². The molecule has 25 heavy (non-hydrogen) atoms. The van der Waals surface area contributed by atoms with Gasteiger partial charge in [-0.05, 0) is 57.9 Å². The quantitative estimate of drug-likeness (QED) is 0.561. The number of carbonyl (C=O) groups is 3. The van der Waals surface area contributed by atoms with E-state index in [9.17, 15) is 14.4 Å².